The van der Waals surface area contributed by atoms with E-state index >= 15 is 0 Å². The fraction of sp³-hybridized carbons (Fsp3) is 0.389. The first-order valence-electron chi connectivity index (χ1n) is 7.24. The molecule has 0 spiro atoms. The van der Waals surface area contributed by atoms with Crippen LogP contribution in [0.5, 0.6) is 0 Å². The highest BCUT2D eigenvalue weighted by molar-refractivity contribution is 5.88. The molecule has 2 unspecified atom stereocenters. The minimum Gasteiger partial charge on any atom is -1.00 e. The summed E-state index contributed by atoms with van der Waals surface area (Å²) in [5.41, 5.74) is 2.32. The molecular formula is C18H26ClNO3. The van der Waals surface area contributed by atoms with Gasteiger partial charge < -0.3 is 22.3 Å². The number of carbonyl (C=O) groups excluding carboxylic acids is 1. The topological polar surface area (TPSA) is 46.5 Å². The summed E-state index contributed by atoms with van der Waals surface area (Å²) < 4.78 is 5.75. The van der Waals surface area contributed by atoms with E-state index in [-0.39, 0.29) is 12.4 Å². The van der Waals surface area contributed by atoms with Crippen molar-refractivity contribution in [2.24, 2.45) is 0 Å². The Bertz CT molecular complexity index is 562. The Hall–Kier alpha value is -1.62. The van der Waals surface area contributed by atoms with Crippen molar-refractivity contribution in [1.82, 2.24) is 0 Å². The Morgan fingerprint density at radius 1 is 1.39 bits per heavy atom. The summed E-state index contributed by atoms with van der Waals surface area (Å²) in [5, 5.41) is 9.80. The van der Waals surface area contributed by atoms with Crippen molar-refractivity contribution < 1.29 is 31.5 Å². The molecule has 0 heterocycles. The fourth-order valence-electron chi connectivity index (χ4n) is 2.25. The van der Waals surface area contributed by atoms with E-state index < -0.39 is 18.3 Å². The number of ether oxygens (including phenoxy) is 1. The molecule has 0 radical (unpaired) electrons. The van der Waals surface area contributed by atoms with Gasteiger partial charge in [0.25, 0.3) is 6.23 Å². The number of aliphatic hydroxyl groups is 1. The zero-order valence-corrected chi connectivity index (χ0v) is 15.0. The number of aliphatic hydroxyl groups excluding tert-OH is 1. The maximum atomic E-state index is 12.2. The second kappa shape index (κ2) is 8.87. The van der Waals surface area contributed by atoms with Crippen molar-refractivity contribution in [3.63, 3.8) is 0 Å². The van der Waals surface area contributed by atoms with Crippen LogP contribution in [0.15, 0.2) is 43.0 Å². The van der Waals surface area contributed by atoms with E-state index in [1.807, 2.05) is 45.4 Å². The largest absolute Gasteiger partial charge is 1.00 e. The summed E-state index contributed by atoms with van der Waals surface area (Å²) in [4.78, 5) is 12.2. The maximum absolute atomic E-state index is 12.2. The van der Waals surface area contributed by atoms with E-state index in [0.717, 1.165) is 11.1 Å². The fourth-order valence-corrected chi connectivity index (χ4v) is 2.25. The van der Waals surface area contributed by atoms with E-state index in [1.54, 1.807) is 13.0 Å². The van der Waals surface area contributed by atoms with Gasteiger partial charge >= 0.3 is 5.97 Å². The van der Waals surface area contributed by atoms with Crippen LogP contribution in [0, 0.1) is 0 Å². The van der Waals surface area contributed by atoms with Gasteiger partial charge in [0.05, 0.1) is 21.1 Å². The van der Waals surface area contributed by atoms with E-state index in [9.17, 15) is 9.90 Å². The van der Waals surface area contributed by atoms with Crippen molar-refractivity contribution in [3.8, 4) is 0 Å². The van der Waals surface area contributed by atoms with Gasteiger partial charge in [0, 0.05) is 12.0 Å². The van der Waals surface area contributed by atoms with E-state index in [2.05, 4.69) is 13.2 Å². The average Bonchev–Trinajstić information content (AvgIpc) is 2.42. The van der Waals surface area contributed by atoms with Crippen LogP contribution in [0.25, 0.3) is 6.08 Å². The van der Waals surface area contributed by atoms with Gasteiger partial charge in [0.2, 0.25) is 0 Å². The summed E-state index contributed by atoms with van der Waals surface area (Å²) in [6.45, 7) is 9.15. The van der Waals surface area contributed by atoms with Crippen molar-refractivity contribution in [2.75, 3.05) is 21.1 Å². The number of nitrogens with zero attached hydrogens (tertiary/aromatic N) is 1. The molecule has 128 valence electrons. The van der Waals surface area contributed by atoms with E-state index in [4.69, 9.17) is 4.74 Å². The summed E-state index contributed by atoms with van der Waals surface area (Å²) in [7, 11) is 5.59. The van der Waals surface area contributed by atoms with Crippen LogP contribution in [0.2, 0.25) is 0 Å². The highest BCUT2D eigenvalue weighted by Gasteiger charge is 2.33. The molecule has 4 nitrogen and oxygen atoms in total. The molecule has 0 amide bonds. The number of likely N-dealkylation sites (N-methyl/N-ethyl adjacent to an activating group) is 1. The van der Waals surface area contributed by atoms with Crippen LogP contribution in [-0.2, 0) is 16.0 Å². The molecule has 2 atom stereocenters. The number of hydrogen-bond acceptors (Lipinski definition) is 3. The number of halogens is 1. The van der Waals surface area contributed by atoms with Gasteiger partial charge in [0.15, 0.2) is 0 Å². The quantitative estimate of drug-likeness (QED) is 0.312. The lowest BCUT2D eigenvalue weighted by Gasteiger charge is -2.34. The molecule has 1 aromatic carbocycles. The molecule has 0 bridgehead atoms. The minimum atomic E-state index is -0.763. The molecule has 0 saturated carbocycles. The second-order valence-electron chi connectivity index (χ2n) is 6.38. The molecule has 0 aliphatic rings. The predicted molar refractivity (Wildman–Crippen MR) is 89.0 cm³/mol. The molecular weight excluding hydrogens is 314 g/mol. The third-order valence-corrected chi connectivity index (χ3v) is 3.30. The van der Waals surface area contributed by atoms with Gasteiger partial charge in [-0.05, 0) is 18.1 Å². The van der Waals surface area contributed by atoms with Crippen LogP contribution in [0.1, 0.15) is 18.1 Å². The SMILES string of the molecule is C=Cc1cccc(CC(=C)C(=O)OC(C(C)O)[N+](C)(C)C)c1.[Cl-]. The minimum absolute atomic E-state index is 0. The number of esters is 1. The first-order valence-corrected chi connectivity index (χ1v) is 7.24. The molecule has 1 N–H and O–H groups in total. The number of hydrogen-bond donors (Lipinski definition) is 1. The van der Waals surface area contributed by atoms with Gasteiger partial charge in [-0.1, -0.05) is 43.5 Å². The molecule has 0 saturated heterocycles. The van der Waals surface area contributed by atoms with Gasteiger partial charge in [-0.3, -0.25) is 4.48 Å². The Labute approximate surface area is 145 Å². The predicted octanol–water partition coefficient (Wildman–Crippen LogP) is -0.611. The second-order valence-corrected chi connectivity index (χ2v) is 6.38. The summed E-state index contributed by atoms with van der Waals surface area (Å²) in [5.74, 6) is -0.483. The standard InChI is InChI=1S/C18H26NO3.ClH/c1-7-15-9-8-10-16(12-15)11-13(2)18(21)22-17(14(3)20)19(4,5)6;/h7-10,12,14,17,20H,1-2,11H2,3-6H3;1H/q+1;/p-1. The molecule has 5 heteroatoms. The van der Waals surface area contributed by atoms with Crippen molar-refractivity contribution in [3.05, 3.63) is 54.1 Å². The van der Waals surface area contributed by atoms with Crippen molar-refractivity contribution >= 4 is 12.0 Å². The Morgan fingerprint density at radius 3 is 2.48 bits per heavy atom. The first-order chi connectivity index (χ1) is 10.1. The Morgan fingerprint density at radius 2 is 2.00 bits per heavy atom. The van der Waals surface area contributed by atoms with Crippen LogP contribution in [-0.4, -0.2) is 49.0 Å². The lowest BCUT2D eigenvalue weighted by Crippen LogP contribution is -3.00. The number of rotatable bonds is 7. The monoisotopic (exact) mass is 339 g/mol. The van der Waals surface area contributed by atoms with Crippen LogP contribution < -0.4 is 12.4 Å². The lowest BCUT2D eigenvalue weighted by molar-refractivity contribution is -0.920. The number of carbonyl (C=O) groups is 1. The normalized spacial score (nSPS) is 13.4. The number of benzene rings is 1. The highest BCUT2D eigenvalue weighted by atomic mass is 35.5. The highest BCUT2D eigenvalue weighted by Crippen LogP contribution is 2.15. The lowest BCUT2D eigenvalue weighted by atomic mass is 10.0. The zero-order valence-electron chi connectivity index (χ0n) is 14.3. The van der Waals surface area contributed by atoms with Crippen LogP contribution in [0.4, 0.5) is 0 Å². The van der Waals surface area contributed by atoms with Gasteiger partial charge in [-0.15, -0.1) is 0 Å². The smallest absolute Gasteiger partial charge is 0.338 e. The van der Waals surface area contributed by atoms with E-state index in [0.29, 0.717) is 16.5 Å². The number of quaternary nitrogens is 1. The molecule has 0 aromatic heterocycles. The summed E-state index contributed by atoms with van der Waals surface area (Å²) in [6.07, 6.45) is 0.764. The van der Waals surface area contributed by atoms with Gasteiger partial charge in [-0.25, -0.2) is 4.79 Å². The van der Waals surface area contributed by atoms with Gasteiger partial charge in [-0.2, -0.15) is 0 Å². The van der Waals surface area contributed by atoms with Crippen LogP contribution in [0.3, 0.4) is 0 Å². The maximum Gasteiger partial charge on any atom is 0.338 e. The summed E-state index contributed by atoms with van der Waals surface area (Å²) >= 11 is 0. The zero-order chi connectivity index (χ0) is 16.9. The molecule has 23 heavy (non-hydrogen) atoms. The van der Waals surface area contributed by atoms with Crippen molar-refractivity contribution in [2.45, 2.75) is 25.7 Å². The molecule has 0 aliphatic carbocycles. The van der Waals surface area contributed by atoms with E-state index in [1.165, 1.54) is 0 Å². The van der Waals surface area contributed by atoms with Crippen molar-refractivity contribution in [1.29, 1.82) is 0 Å². The molecule has 0 fully saturated rings. The van der Waals surface area contributed by atoms with Gasteiger partial charge in [0.1, 0.15) is 6.10 Å². The summed E-state index contributed by atoms with van der Waals surface area (Å²) in [6, 6.07) is 7.74. The molecule has 1 rings (SSSR count). The molecule has 0 aliphatic heterocycles. The third kappa shape index (κ3) is 6.57. The Balaban J connectivity index is 0.00000484. The molecule has 1 aromatic rings. The van der Waals surface area contributed by atoms with Crippen LogP contribution >= 0.6 is 0 Å². The average molecular weight is 340 g/mol. The Kier molecular flexibility index (Phi) is 8.24. The third-order valence-electron chi connectivity index (χ3n) is 3.30. The first kappa shape index (κ1) is 21.4.